The maximum atomic E-state index is 13.3. The molecule has 0 heterocycles. The SMILES string of the molecule is Cc1ccc(NC(=O)CCOc2ccccc2F)cc1C. The fourth-order valence-corrected chi connectivity index (χ4v) is 1.86. The summed E-state index contributed by atoms with van der Waals surface area (Å²) in [7, 11) is 0. The van der Waals surface area contributed by atoms with Crippen LogP contribution in [0.2, 0.25) is 0 Å². The Hall–Kier alpha value is -2.36. The predicted molar refractivity (Wildman–Crippen MR) is 81.1 cm³/mol. The van der Waals surface area contributed by atoms with Gasteiger partial charge in [0.2, 0.25) is 5.91 Å². The molecule has 3 nitrogen and oxygen atoms in total. The minimum absolute atomic E-state index is 0.137. The van der Waals surface area contributed by atoms with Gasteiger partial charge in [-0.15, -0.1) is 0 Å². The van der Waals surface area contributed by atoms with Crippen LogP contribution in [0.25, 0.3) is 0 Å². The summed E-state index contributed by atoms with van der Waals surface area (Å²) in [6, 6.07) is 11.9. The summed E-state index contributed by atoms with van der Waals surface area (Å²) in [4.78, 5) is 11.8. The summed E-state index contributed by atoms with van der Waals surface area (Å²) < 4.78 is 18.6. The molecular weight excluding hydrogens is 269 g/mol. The highest BCUT2D eigenvalue weighted by Gasteiger charge is 2.06. The van der Waals surface area contributed by atoms with E-state index in [9.17, 15) is 9.18 Å². The van der Waals surface area contributed by atoms with Crippen molar-refractivity contribution >= 4 is 11.6 Å². The third kappa shape index (κ3) is 4.31. The number of carbonyl (C=O) groups excluding carboxylic acids is 1. The highest BCUT2D eigenvalue weighted by molar-refractivity contribution is 5.90. The Bertz CT molecular complexity index is 640. The van der Waals surface area contributed by atoms with Crippen molar-refractivity contribution < 1.29 is 13.9 Å². The fourth-order valence-electron chi connectivity index (χ4n) is 1.86. The van der Waals surface area contributed by atoms with Gasteiger partial charge in [0.1, 0.15) is 0 Å². The van der Waals surface area contributed by atoms with Gasteiger partial charge in [-0.05, 0) is 49.2 Å². The van der Waals surface area contributed by atoms with E-state index in [0.717, 1.165) is 11.3 Å². The lowest BCUT2D eigenvalue weighted by atomic mass is 10.1. The van der Waals surface area contributed by atoms with Gasteiger partial charge < -0.3 is 10.1 Å². The summed E-state index contributed by atoms with van der Waals surface area (Å²) in [5.41, 5.74) is 3.06. The van der Waals surface area contributed by atoms with Crippen molar-refractivity contribution in [3.8, 4) is 5.75 Å². The molecule has 1 amide bonds. The van der Waals surface area contributed by atoms with Gasteiger partial charge in [0, 0.05) is 5.69 Å². The fraction of sp³-hybridized carbons (Fsp3) is 0.235. The Balaban J connectivity index is 1.82. The van der Waals surface area contributed by atoms with E-state index in [1.54, 1.807) is 12.1 Å². The predicted octanol–water partition coefficient (Wildman–Crippen LogP) is 3.85. The molecule has 110 valence electrons. The largest absolute Gasteiger partial charge is 0.490 e. The quantitative estimate of drug-likeness (QED) is 0.907. The number of halogens is 1. The third-order valence-corrected chi connectivity index (χ3v) is 3.21. The van der Waals surface area contributed by atoms with Crippen molar-refractivity contribution in [3.63, 3.8) is 0 Å². The number of nitrogens with one attached hydrogen (secondary N) is 1. The molecule has 4 heteroatoms. The number of hydrogen-bond donors (Lipinski definition) is 1. The molecule has 0 aliphatic heterocycles. The molecule has 0 fully saturated rings. The molecule has 2 rings (SSSR count). The highest BCUT2D eigenvalue weighted by Crippen LogP contribution is 2.16. The Morgan fingerprint density at radius 1 is 1.14 bits per heavy atom. The summed E-state index contributed by atoms with van der Waals surface area (Å²) in [6.45, 7) is 4.15. The summed E-state index contributed by atoms with van der Waals surface area (Å²) >= 11 is 0. The lowest BCUT2D eigenvalue weighted by Crippen LogP contribution is -2.15. The molecule has 0 bridgehead atoms. The number of ether oxygens (including phenoxy) is 1. The van der Waals surface area contributed by atoms with Crippen LogP contribution in [0.3, 0.4) is 0 Å². The Morgan fingerprint density at radius 3 is 2.62 bits per heavy atom. The van der Waals surface area contributed by atoms with Gasteiger partial charge in [-0.3, -0.25) is 4.79 Å². The van der Waals surface area contributed by atoms with Crippen LogP contribution in [0.5, 0.6) is 5.75 Å². The number of anilines is 1. The van der Waals surface area contributed by atoms with Gasteiger partial charge in [0.15, 0.2) is 11.6 Å². The number of hydrogen-bond acceptors (Lipinski definition) is 2. The second kappa shape index (κ2) is 6.88. The Kier molecular flexibility index (Phi) is 4.93. The number of carbonyl (C=O) groups is 1. The maximum absolute atomic E-state index is 13.3. The van der Waals surface area contributed by atoms with Crippen LogP contribution in [-0.4, -0.2) is 12.5 Å². The van der Waals surface area contributed by atoms with Gasteiger partial charge in [0.25, 0.3) is 0 Å². The van der Waals surface area contributed by atoms with E-state index in [4.69, 9.17) is 4.74 Å². The first-order chi connectivity index (χ1) is 10.1. The van der Waals surface area contributed by atoms with Gasteiger partial charge in [-0.1, -0.05) is 18.2 Å². The number of rotatable bonds is 5. The lowest BCUT2D eigenvalue weighted by molar-refractivity contribution is -0.116. The van der Waals surface area contributed by atoms with E-state index in [0.29, 0.717) is 0 Å². The molecule has 1 N–H and O–H groups in total. The lowest BCUT2D eigenvalue weighted by Gasteiger charge is -2.09. The van der Waals surface area contributed by atoms with Crippen molar-refractivity contribution in [2.24, 2.45) is 0 Å². The molecule has 0 saturated carbocycles. The van der Waals surface area contributed by atoms with Crippen molar-refractivity contribution in [2.45, 2.75) is 20.3 Å². The van der Waals surface area contributed by atoms with E-state index in [1.165, 1.54) is 17.7 Å². The standard InChI is InChI=1S/C17H18FNO2/c1-12-7-8-14(11-13(12)2)19-17(20)9-10-21-16-6-4-3-5-15(16)18/h3-8,11H,9-10H2,1-2H3,(H,19,20). The highest BCUT2D eigenvalue weighted by atomic mass is 19.1. The van der Waals surface area contributed by atoms with Crippen LogP contribution in [0.4, 0.5) is 10.1 Å². The Labute approximate surface area is 123 Å². The average molecular weight is 287 g/mol. The average Bonchev–Trinajstić information content (AvgIpc) is 2.45. The summed E-state index contributed by atoms with van der Waals surface area (Å²) in [5.74, 6) is -0.418. The molecule has 0 spiro atoms. The van der Waals surface area contributed by atoms with Crippen LogP contribution in [0.15, 0.2) is 42.5 Å². The van der Waals surface area contributed by atoms with E-state index in [1.807, 2.05) is 32.0 Å². The number of amides is 1. The van der Waals surface area contributed by atoms with Gasteiger partial charge in [0.05, 0.1) is 13.0 Å². The number of benzene rings is 2. The Morgan fingerprint density at radius 2 is 1.90 bits per heavy atom. The first kappa shape index (κ1) is 15.0. The van der Waals surface area contributed by atoms with Crippen molar-refractivity contribution in [3.05, 3.63) is 59.4 Å². The van der Waals surface area contributed by atoms with Crippen LogP contribution in [-0.2, 0) is 4.79 Å². The number of aryl methyl sites for hydroxylation is 2. The van der Waals surface area contributed by atoms with Crippen LogP contribution >= 0.6 is 0 Å². The molecule has 2 aromatic carbocycles. The summed E-state index contributed by atoms with van der Waals surface area (Å²) in [6.07, 6.45) is 0.168. The molecule has 0 atom stereocenters. The van der Waals surface area contributed by atoms with E-state index >= 15 is 0 Å². The van der Waals surface area contributed by atoms with Crippen LogP contribution in [0, 0.1) is 19.7 Å². The number of para-hydroxylation sites is 1. The van der Waals surface area contributed by atoms with E-state index in [-0.39, 0.29) is 24.7 Å². The first-order valence-electron chi connectivity index (χ1n) is 6.80. The third-order valence-electron chi connectivity index (χ3n) is 3.21. The molecule has 0 unspecified atom stereocenters. The molecule has 0 radical (unpaired) electrons. The second-order valence-electron chi connectivity index (χ2n) is 4.88. The monoisotopic (exact) mass is 287 g/mol. The zero-order valence-corrected chi connectivity index (χ0v) is 12.2. The van der Waals surface area contributed by atoms with E-state index in [2.05, 4.69) is 5.32 Å². The molecular formula is C17H18FNO2. The second-order valence-corrected chi connectivity index (χ2v) is 4.88. The first-order valence-corrected chi connectivity index (χ1v) is 6.80. The molecule has 0 saturated heterocycles. The van der Waals surface area contributed by atoms with Crippen LogP contribution in [0.1, 0.15) is 17.5 Å². The summed E-state index contributed by atoms with van der Waals surface area (Å²) in [5, 5.41) is 2.80. The normalized spacial score (nSPS) is 10.2. The van der Waals surface area contributed by atoms with Crippen molar-refractivity contribution in [1.29, 1.82) is 0 Å². The van der Waals surface area contributed by atoms with Crippen molar-refractivity contribution in [2.75, 3.05) is 11.9 Å². The van der Waals surface area contributed by atoms with E-state index < -0.39 is 5.82 Å². The zero-order valence-electron chi connectivity index (χ0n) is 12.2. The molecule has 0 aliphatic carbocycles. The smallest absolute Gasteiger partial charge is 0.227 e. The molecule has 0 aromatic heterocycles. The molecule has 2 aromatic rings. The minimum atomic E-state index is -0.424. The zero-order chi connectivity index (χ0) is 15.2. The maximum Gasteiger partial charge on any atom is 0.227 e. The van der Waals surface area contributed by atoms with Crippen LogP contribution < -0.4 is 10.1 Å². The molecule has 21 heavy (non-hydrogen) atoms. The van der Waals surface area contributed by atoms with Gasteiger partial charge >= 0.3 is 0 Å². The topological polar surface area (TPSA) is 38.3 Å². The van der Waals surface area contributed by atoms with Crippen molar-refractivity contribution in [1.82, 2.24) is 0 Å². The van der Waals surface area contributed by atoms with Gasteiger partial charge in [-0.2, -0.15) is 0 Å². The molecule has 0 aliphatic rings. The minimum Gasteiger partial charge on any atom is -0.490 e. The van der Waals surface area contributed by atoms with Gasteiger partial charge in [-0.25, -0.2) is 4.39 Å².